The van der Waals surface area contributed by atoms with Crippen LogP contribution in [0.3, 0.4) is 0 Å². The molecule has 8 heteroatoms. The zero-order chi connectivity index (χ0) is 13.9. The van der Waals surface area contributed by atoms with Crippen LogP contribution in [-0.2, 0) is 6.42 Å². The third-order valence-electron chi connectivity index (χ3n) is 3.30. The summed E-state index contributed by atoms with van der Waals surface area (Å²) in [5.74, 6) is 1.17. The molecule has 1 aliphatic rings. The predicted molar refractivity (Wildman–Crippen MR) is 64.8 cm³/mol. The molecule has 1 aromatic rings. The lowest BCUT2D eigenvalue weighted by Gasteiger charge is -2.31. The molecule has 0 saturated carbocycles. The lowest BCUT2D eigenvalue weighted by Crippen LogP contribution is -2.39. The first-order valence-corrected chi connectivity index (χ1v) is 6.41. The van der Waals surface area contributed by atoms with E-state index in [9.17, 15) is 13.2 Å². The van der Waals surface area contributed by atoms with E-state index in [2.05, 4.69) is 15.2 Å². The maximum atomic E-state index is 12.1. The van der Waals surface area contributed by atoms with Gasteiger partial charge in [-0.05, 0) is 25.3 Å². The topological polar surface area (TPSA) is 70.8 Å². The monoisotopic (exact) mass is 277 g/mol. The average molecular weight is 277 g/mol. The molecule has 2 heterocycles. The van der Waals surface area contributed by atoms with Gasteiger partial charge in [0.2, 0.25) is 5.95 Å². The SMILES string of the molecule is NCC1CCCN(c2n[nH]c(CCC(F)(F)F)n2)C1. The summed E-state index contributed by atoms with van der Waals surface area (Å²) in [6.45, 7) is 2.21. The average Bonchev–Trinajstić information content (AvgIpc) is 2.84. The van der Waals surface area contributed by atoms with Crippen LogP contribution >= 0.6 is 0 Å². The van der Waals surface area contributed by atoms with Gasteiger partial charge in [-0.2, -0.15) is 18.2 Å². The molecule has 0 bridgehead atoms. The number of H-pyrrole nitrogens is 1. The Morgan fingerprint density at radius 2 is 2.21 bits per heavy atom. The number of rotatable bonds is 4. The summed E-state index contributed by atoms with van der Waals surface area (Å²) in [7, 11) is 0. The van der Waals surface area contributed by atoms with Crippen LogP contribution in [0.15, 0.2) is 0 Å². The van der Waals surface area contributed by atoms with Crippen molar-refractivity contribution < 1.29 is 13.2 Å². The van der Waals surface area contributed by atoms with E-state index in [0.29, 0.717) is 18.4 Å². The van der Waals surface area contributed by atoms with E-state index < -0.39 is 12.6 Å². The predicted octanol–water partition coefficient (Wildman–Crippen LogP) is 1.47. The Balaban J connectivity index is 1.93. The molecule has 1 saturated heterocycles. The van der Waals surface area contributed by atoms with E-state index >= 15 is 0 Å². The van der Waals surface area contributed by atoms with Crippen molar-refractivity contribution >= 4 is 5.95 Å². The van der Waals surface area contributed by atoms with Crippen LogP contribution < -0.4 is 10.6 Å². The number of aromatic nitrogens is 3. The molecule has 5 nitrogen and oxygen atoms in total. The summed E-state index contributed by atoms with van der Waals surface area (Å²) in [4.78, 5) is 6.10. The van der Waals surface area contributed by atoms with Crippen LogP contribution in [0.2, 0.25) is 0 Å². The maximum absolute atomic E-state index is 12.1. The van der Waals surface area contributed by atoms with Crippen molar-refractivity contribution in [3.8, 4) is 0 Å². The van der Waals surface area contributed by atoms with Crippen molar-refractivity contribution in [3.05, 3.63) is 5.82 Å². The van der Waals surface area contributed by atoms with Gasteiger partial charge in [-0.1, -0.05) is 0 Å². The van der Waals surface area contributed by atoms with Gasteiger partial charge in [-0.3, -0.25) is 5.10 Å². The lowest BCUT2D eigenvalue weighted by molar-refractivity contribution is -0.134. The van der Waals surface area contributed by atoms with Gasteiger partial charge in [0, 0.05) is 19.5 Å². The number of alkyl halides is 3. The molecule has 0 amide bonds. The Morgan fingerprint density at radius 3 is 2.89 bits per heavy atom. The molecule has 0 aliphatic carbocycles. The second kappa shape index (κ2) is 5.77. The fraction of sp³-hybridized carbons (Fsp3) is 0.818. The fourth-order valence-corrected chi connectivity index (χ4v) is 2.24. The highest BCUT2D eigenvalue weighted by atomic mass is 19.4. The normalized spacial score (nSPS) is 20.8. The summed E-state index contributed by atoms with van der Waals surface area (Å²) in [5.41, 5.74) is 5.64. The highest BCUT2D eigenvalue weighted by molar-refractivity contribution is 5.29. The van der Waals surface area contributed by atoms with Crippen LogP contribution in [0.25, 0.3) is 0 Å². The molecule has 0 spiro atoms. The first-order chi connectivity index (χ1) is 8.98. The molecular weight excluding hydrogens is 259 g/mol. The molecule has 3 N–H and O–H groups in total. The molecule has 1 fully saturated rings. The summed E-state index contributed by atoms with van der Waals surface area (Å²) < 4.78 is 36.3. The second-order valence-corrected chi connectivity index (χ2v) is 4.89. The van der Waals surface area contributed by atoms with Gasteiger partial charge >= 0.3 is 6.18 Å². The van der Waals surface area contributed by atoms with E-state index in [0.717, 1.165) is 25.9 Å². The molecule has 108 valence electrons. The smallest absolute Gasteiger partial charge is 0.339 e. The van der Waals surface area contributed by atoms with Gasteiger partial charge in [0.05, 0.1) is 6.42 Å². The number of aromatic amines is 1. The number of anilines is 1. The van der Waals surface area contributed by atoms with Crippen LogP contribution in [0.4, 0.5) is 19.1 Å². The Bertz CT molecular complexity index is 403. The molecule has 1 aliphatic heterocycles. The molecule has 2 rings (SSSR count). The second-order valence-electron chi connectivity index (χ2n) is 4.89. The number of nitrogens with zero attached hydrogens (tertiary/aromatic N) is 3. The van der Waals surface area contributed by atoms with Crippen LogP contribution in [0, 0.1) is 5.92 Å². The van der Waals surface area contributed by atoms with Crippen molar-refractivity contribution in [2.24, 2.45) is 11.7 Å². The number of hydrogen-bond acceptors (Lipinski definition) is 4. The maximum Gasteiger partial charge on any atom is 0.389 e. The number of nitrogens with one attached hydrogen (secondary N) is 1. The molecule has 0 aromatic carbocycles. The third-order valence-corrected chi connectivity index (χ3v) is 3.30. The van der Waals surface area contributed by atoms with Crippen molar-refractivity contribution in [3.63, 3.8) is 0 Å². The summed E-state index contributed by atoms with van der Waals surface area (Å²) >= 11 is 0. The third kappa shape index (κ3) is 4.09. The van der Waals surface area contributed by atoms with Crippen molar-refractivity contribution in [2.75, 3.05) is 24.5 Å². The number of nitrogens with two attached hydrogens (primary N) is 1. The van der Waals surface area contributed by atoms with Crippen LogP contribution in [0.1, 0.15) is 25.1 Å². The minimum absolute atomic E-state index is 0.162. The van der Waals surface area contributed by atoms with Crippen LogP contribution in [0.5, 0.6) is 0 Å². The van der Waals surface area contributed by atoms with E-state index in [1.165, 1.54) is 0 Å². The largest absolute Gasteiger partial charge is 0.389 e. The minimum Gasteiger partial charge on any atom is -0.339 e. The van der Waals surface area contributed by atoms with Gasteiger partial charge in [0.1, 0.15) is 5.82 Å². The molecule has 1 atom stereocenters. The highest BCUT2D eigenvalue weighted by Crippen LogP contribution is 2.23. The molecular formula is C11H18F3N5. The Kier molecular flexibility index (Phi) is 4.28. The van der Waals surface area contributed by atoms with E-state index in [4.69, 9.17) is 5.73 Å². The van der Waals surface area contributed by atoms with Crippen molar-refractivity contribution in [1.29, 1.82) is 0 Å². The zero-order valence-electron chi connectivity index (χ0n) is 10.6. The molecule has 1 aromatic heterocycles. The molecule has 19 heavy (non-hydrogen) atoms. The van der Waals surface area contributed by atoms with Gasteiger partial charge < -0.3 is 10.6 Å². The van der Waals surface area contributed by atoms with E-state index in [1.54, 1.807) is 0 Å². The first-order valence-electron chi connectivity index (χ1n) is 6.41. The van der Waals surface area contributed by atoms with Crippen molar-refractivity contribution in [1.82, 2.24) is 15.2 Å². The Labute approximate surface area is 109 Å². The quantitative estimate of drug-likeness (QED) is 0.874. The highest BCUT2D eigenvalue weighted by Gasteiger charge is 2.28. The van der Waals surface area contributed by atoms with Gasteiger partial charge in [-0.25, -0.2) is 0 Å². The van der Waals surface area contributed by atoms with Crippen LogP contribution in [-0.4, -0.2) is 41.0 Å². The number of hydrogen-bond donors (Lipinski definition) is 2. The fourth-order valence-electron chi connectivity index (χ4n) is 2.24. The zero-order valence-corrected chi connectivity index (χ0v) is 10.6. The van der Waals surface area contributed by atoms with E-state index in [1.807, 2.05) is 4.90 Å². The van der Waals surface area contributed by atoms with E-state index in [-0.39, 0.29) is 12.2 Å². The molecule has 0 radical (unpaired) electrons. The summed E-state index contributed by atoms with van der Waals surface area (Å²) in [6.07, 6.45) is -3.12. The Hall–Kier alpha value is -1.31. The number of piperidine rings is 1. The lowest BCUT2D eigenvalue weighted by atomic mass is 9.99. The number of aryl methyl sites for hydroxylation is 1. The van der Waals surface area contributed by atoms with Gasteiger partial charge in [0.15, 0.2) is 0 Å². The molecule has 1 unspecified atom stereocenters. The first kappa shape index (κ1) is 14.1. The standard InChI is InChI=1S/C11H18F3N5/c12-11(13,14)4-3-9-16-10(18-17-9)19-5-1-2-8(6-15)7-19/h8H,1-7,15H2,(H,16,17,18). The van der Waals surface area contributed by atoms with Gasteiger partial charge in [-0.15, -0.1) is 5.10 Å². The summed E-state index contributed by atoms with van der Waals surface area (Å²) in [6, 6.07) is 0. The summed E-state index contributed by atoms with van der Waals surface area (Å²) in [5, 5.41) is 6.57. The minimum atomic E-state index is -4.16. The number of halogens is 3. The van der Waals surface area contributed by atoms with Gasteiger partial charge in [0.25, 0.3) is 0 Å². The van der Waals surface area contributed by atoms with Crippen molar-refractivity contribution in [2.45, 2.75) is 31.9 Å². The Morgan fingerprint density at radius 1 is 1.42 bits per heavy atom.